The number of nitrogens with zero attached hydrogens (tertiary/aromatic N) is 1. The summed E-state index contributed by atoms with van der Waals surface area (Å²) in [4.78, 5) is 35.7. The molecule has 1 fully saturated rings. The maximum absolute atomic E-state index is 13.9. The summed E-state index contributed by atoms with van der Waals surface area (Å²) in [7, 11) is -4.11. The summed E-state index contributed by atoms with van der Waals surface area (Å²) in [5, 5.41) is 11.9. The van der Waals surface area contributed by atoms with Gasteiger partial charge in [0.05, 0.1) is 23.9 Å². The topological polar surface area (TPSA) is 149 Å². The molecule has 1 amide bonds. The minimum absolute atomic E-state index is 0.0232. The Morgan fingerprint density at radius 3 is 2.24 bits per heavy atom. The molecule has 2 N–H and O–H groups in total. The highest BCUT2D eigenvalue weighted by molar-refractivity contribution is 7.89. The van der Waals surface area contributed by atoms with Crippen molar-refractivity contribution < 1.29 is 50.9 Å². The van der Waals surface area contributed by atoms with Crippen LogP contribution in [0.25, 0.3) is 0 Å². The van der Waals surface area contributed by atoms with Crippen molar-refractivity contribution in [3.63, 3.8) is 0 Å². The number of carboxylic acids is 1. The van der Waals surface area contributed by atoms with E-state index in [2.05, 4.69) is 5.32 Å². The summed E-state index contributed by atoms with van der Waals surface area (Å²) in [6, 6.07) is 15.9. The average Bonchev–Trinajstić information content (AvgIpc) is 2.96. The van der Waals surface area contributed by atoms with E-state index < -0.39 is 63.5 Å². The molecule has 240 valence electrons. The highest BCUT2D eigenvalue weighted by atomic mass is 32.2. The van der Waals surface area contributed by atoms with Crippen molar-refractivity contribution in [1.29, 1.82) is 0 Å². The Morgan fingerprint density at radius 2 is 1.62 bits per heavy atom. The van der Waals surface area contributed by atoms with E-state index in [4.69, 9.17) is 14.2 Å². The van der Waals surface area contributed by atoms with Gasteiger partial charge >= 0.3 is 18.0 Å². The van der Waals surface area contributed by atoms with Crippen LogP contribution in [0, 0.1) is 17.6 Å². The number of halogens is 2. The number of amides is 1. The van der Waals surface area contributed by atoms with Gasteiger partial charge in [0.15, 0.2) is 17.2 Å². The summed E-state index contributed by atoms with van der Waals surface area (Å²) in [5.41, 5.74) is -0.267. The lowest BCUT2D eigenvalue weighted by atomic mass is 9.87. The second-order valence-electron chi connectivity index (χ2n) is 10.8. The molecule has 3 aromatic rings. The number of benzene rings is 3. The zero-order chi connectivity index (χ0) is 32.9. The van der Waals surface area contributed by atoms with Gasteiger partial charge in [0, 0.05) is 19.4 Å². The zero-order valence-electron chi connectivity index (χ0n) is 24.6. The molecular formula is C31H32F2N2O9S. The molecular weight excluding hydrogens is 614 g/mol. The molecule has 14 heteroatoms. The van der Waals surface area contributed by atoms with Gasteiger partial charge in [-0.3, -0.25) is 4.79 Å². The highest BCUT2D eigenvalue weighted by Crippen LogP contribution is 2.40. The number of rotatable bonds is 12. The fourth-order valence-electron chi connectivity index (χ4n) is 4.58. The van der Waals surface area contributed by atoms with Crippen LogP contribution in [0.5, 0.6) is 5.75 Å². The maximum atomic E-state index is 13.9. The first-order valence-electron chi connectivity index (χ1n) is 13.9. The molecule has 0 aromatic heterocycles. The molecule has 4 rings (SSSR count). The number of ether oxygens (including phenoxy) is 3. The van der Waals surface area contributed by atoms with Gasteiger partial charge in [-0.15, -0.1) is 0 Å². The number of sulfonamides is 1. The van der Waals surface area contributed by atoms with E-state index in [1.807, 2.05) is 0 Å². The molecule has 0 spiro atoms. The number of esters is 1. The van der Waals surface area contributed by atoms with Crippen molar-refractivity contribution in [3.8, 4) is 5.75 Å². The molecule has 0 bridgehead atoms. The van der Waals surface area contributed by atoms with Crippen LogP contribution in [0.3, 0.4) is 0 Å². The van der Waals surface area contributed by atoms with Crippen LogP contribution in [0.2, 0.25) is 0 Å². The molecule has 11 nitrogen and oxygen atoms in total. The largest absolute Gasteiger partial charge is 0.480 e. The zero-order valence-corrected chi connectivity index (χ0v) is 25.4. The standard InChI is InChI=1S/C31H32F2N2O9S/c1-19(2)29(38)42-20(3)43-30(39)34-27(28(36)37)15-21-8-7-11-24(14-21)45(40,41)35-17-31(18-35,22-9-5-4-6-10-22)44-23-12-13-25(32)26(33)16-23/h4-14,16,19-20,27H,15,17-18H2,1-3H3,(H,34,39)(H,36,37)/t20?,27-/m0/s1. The third kappa shape index (κ3) is 7.94. The molecule has 2 atom stereocenters. The van der Waals surface area contributed by atoms with Gasteiger partial charge in [0.2, 0.25) is 16.3 Å². The van der Waals surface area contributed by atoms with Gasteiger partial charge in [-0.05, 0) is 35.4 Å². The van der Waals surface area contributed by atoms with E-state index in [0.717, 1.165) is 16.4 Å². The monoisotopic (exact) mass is 646 g/mol. The third-order valence-corrected chi connectivity index (χ3v) is 8.75. The number of hydrogen-bond donors (Lipinski definition) is 2. The Labute approximate surface area is 258 Å². The normalized spacial score (nSPS) is 15.8. The fraction of sp³-hybridized carbons (Fsp3) is 0.323. The molecule has 0 radical (unpaired) electrons. The summed E-state index contributed by atoms with van der Waals surface area (Å²) < 4.78 is 71.7. The van der Waals surface area contributed by atoms with Crippen LogP contribution in [-0.2, 0) is 41.1 Å². The summed E-state index contributed by atoms with van der Waals surface area (Å²) in [6.45, 7) is 4.20. The molecule has 1 saturated heterocycles. The van der Waals surface area contributed by atoms with Gasteiger partial charge in [0.1, 0.15) is 11.8 Å². The van der Waals surface area contributed by atoms with E-state index in [0.29, 0.717) is 5.56 Å². The molecule has 45 heavy (non-hydrogen) atoms. The number of alkyl carbamates (subject to hydrolysis) is 1. The van der Waals surface area contributed by atoms with Crippen LogP contribution >= 0.6 is 0 Å². The van der Waals surface area contributed by atoms with Crippen molar-refractivity contribution in [1.82, 2.24) is 9.62 Å². The van der Waals surface area contributed by atoms with Crippen molar-refractivity contribution in [3.05, 3.63) is 95.6 Å². The van der Waals surface area contributed by atoms with Crippen molar-refractivity contribution in [2.24, 2.45) is 5.92 Å². The van der Waals surface area contributed by atoms with E-state index in [-0.39, 0.29) is 35.7 Å². The first-order chi connectivity index (χ1) is 21.2. The lowest BCUT2D eigenvalue weighted by molar-refractivity contribution is -0.169. The fourth-order valence-corrected chi connectivity index (χ4v) is 6.18. The van der Waals surface area contributed by atoms with Gasteiger partial charge in [-0.2, -0.15) is 4.31 Å². The Kier molecular flexibility index (Phi) is 10.1. The van der Waals surface area contributed by atoms with Crippen LogP contribution in [-0.4, -0.2) is 61.3 Å². The molecule has 0 saturated carbocycles. The summed E-state index contributed by atoms with van der Waals surface area (Å²) in [5.74, 6) is -4.61. The Balaban J connectivity index is 1.47. The predicted molar refractivity (Wildman–Crippen MR) is 155 cm³/mol. The van der Waals surface area contributed by atoms with Gasteiger partial charge in [-0.25, -0.2) is 26.8 Å². The second-order valence-corrected chi connectivity index (χ2v) is 12.7. The smallest absolute Gasteiger partial charge is 0.410 e. The minimum Gasteiger partial charge on any atom is -0.480 e. The number of carbonyl (C=O) groups is 3. The lowest BCUT2D eigenvalue weighted by Crippen LogP contribution is -2.64. The van der Waals surface area contributed by atoms with Crippen molar-refractivity contribution in [2.75, 3.05) is 13.1 Å². The van der Waals surface area contributed by atoms with Crippen LogP contribution in [0.4, 0.5) is 13.6 Å². The lowest BCUT2D eigenvalue weighted by Gasteiger charge is -2.48. The maximum Gasteiger partial charge on any atom is 0.410 e. The first kappa shape index (κ1) is 33.3. The molecule has 1 heterocycles. The predicted octanol–water partition coefficient (Wildman–Crippen LogP) is 4.21. The van der Waals surface area contributed by atoms with Crippen LogP contribution < -0.4 is 10.1 Å². The summed E-state index contributed by atoms with van der Waals surface area (Å²) in [6.07, 6.45) is -2.70. The van der Waals surface area contributed by atoms with Gasteiger partial charge in [-0.1, -0.05) is 56.3 Å². The second kappa shape index (κ2) is 13.6. The Bertz CT molecular complexity index is 1660. The van der Waals surface area contributed by atoms with E-state index in [9.17, 15) is 36.7 Å². The number of carbonyl (C=O) groups excluding carboxylic acids is 2. The number of nitrogens with one attached hydrogen (secondary N) is 1. The number of hydrogen-bond acceptors (Lipinski definition) is 8. The van der Waals surface area contributed by atoms with Crippen molar-refractivity contribution >= 4 is 28.1 Å². The molecule has 3 aromatic carbocycles. The van der Waals surface area contributed by atoms with Gasteiger partial charge in [0.25, 0.3) is 0 Å². The molecule has 1 aliphatic rings. The highest BCUT2D eigenvalue weighted by Gasteiger charge is 2.52. The van der Waals surface area contributed by atoms with Gasteiger partial charge < -0.3 is 24.6 Å². The van der Waals surface area contributed by atoms with E-state index in [1.165, 1.54) is 37.3 Å². The molecule has 1 aliphatic heterocycles. The first-order valence-corrected chi connectivity index (χ1v) is 15.3. The van der Waals surface area contributed by atoms with Crippen molar-refractivity contribution in [2.45, 2.75) is 50.0 Å². The third-order valence-electron chi connectivity index (χ3n) is 6.96. The van der Waals surface area contributed by atoms with E-state index >= 15 is 0 Å². The number of aliphatic carboxylic acids is 1. The number of carboxylic acid groups (broad SMARTS) is 1. The van der Waals surface area contributed by atoms with Crippen LogP contribution in [0.1, 0.15) is 31.9 Å². The molecule has 1 unspecified atom stereocenters. The summed E-state index contributed by atoms with van der Waals surface area (Å²) >= 11 is 0. The van der Waals surface area contributed by atoms with Crippen LogP contribution in [0.15, 0.2) is 77.7 Å². The minimum atomic E-state index is -4.11. The SMILES string of the molecule is CC(OC(=O)N[C@@H](Cc1cccc(S(=O)(=O)N2CC(Oc3ccc(F)c(F)c3)(c3ccccc3)C2)c1)C(=O)O)OC(=O)C(C)C. The molecule has 0 aliphatic carbocycles. The van der Waals surface area contributed by atoms with E-state index in [1.54, 1.807) is 44.2 Å². The quantitative estimate of drug-likeness (QED) is 0.218. The Hall–Kier alpha value is -4.56. The Morgan fingerprint density at radius 1 is 0.933 bits per heavy atom. The average molecular weight is 647 g/mol.